The molecule has 0 bridgehead atoms. The predicted octanol–water partition coefficient (Wildman–Crippen LogP) is 3.63. The first-order valence-electron chi connectivity index (χ1n) is 9.44. The number of thiazole rings is 1. The van der Waals surface area contributed by atoms with Crippen LogP contribution in [0.15, 0.2) is 48.5 Å². The minimum atomic E-state index is -0.209. The van der Waals surface area contributed by atoms with Crippen molar-refractivity contribution in [3.05, 3.63) is 59.7 Å². The average Bonchev–Trinajstić information content (AvgIpc) is 3.10. The Hall–Kier alpha value is -2.42. The largest absolute Gasteiger partial charge is 0.332 e. The first kappa shape index (κ1) is 19.9. The van der Waals surface area contributed by atoms with Gasteiger partial charge in [-0.2, -0.15) is 0 Å². The molecule has 29 heavy (non-hydrogen) atoms. The van der Waals surface area contributed by atoms with E-state index in [9.17, 15) is 9.59 Å². The maximum absolute atomic E-state index is 12.5. The SMILES string of the molecule is Cc1cccc2sc(NC(=O)CC3CC(=O)NC(SCc4ccccc4)N3)nc12. The molecule has 0 aliphatic carbocycles. The summed E-state index contributed by atoms with van der Waals surface area (Å²) in [5.74, 6) is 0.603. The standard InChI is InChI=1S/C21H22N4O2S2/c1-13-6-5-9-16-19(13)25-21(29-16)24-18(27)11-15-10-17(26)23-20(22-15)28-12-14-7-3-2-4-8-14/h2-9,15,20,22H,10-12H2,1H3,(H,23,26)(H,24,25,27). The number of anilines is 1. The van der Waals surface area contributed by atoms with E-state index in [1.807, 2.05) is 43.3 Å². The van der Waals surface area contributed by atoms with Gasteiger partial charge in [0.15, 0.2) is 5.13 Å². The monoisotopic (exact) mass is 426 g/mol. The maximum Gasteiger partial charge on any atom is 0.227 e. The third-order valence-electron chi connectivity index (χ3n) is 4.67. The van der Waals surface area contributed by atoms with Crippen LogP contribution in [0.3, 0.4) is 0 Å². The van der Waals surface area contributed by atoms with E-state index in [0.717, 1.165) is 21.5 Å². The van der Waals surface area contributed by atoms with Gasteiger partial charge < -0.3 is 10.6 Å². The number of aromatic nitrogens is 1. The van der Waals surface area contributed by atoms with Gasteiger partial charge >= 0.3 is 0 Å². The van der Waals surface area contributed by atoms with Crippen molar-refractivity contribution < 1.29 is 9.59 Å². The molecule has 2 atom stereocenters. The molecular formula is C21H22N4O2S2. The van der Waals surface area contributed by atoms with E-state index < -0.39 is 0 Å². The van der Waals surface area contributed by atoms with Gasteiger partial charge in [-0.3, -0.25) is 14.9 Å². The van der Waals surface area contributed by atoms with Crippen LogP contribution in [0.5, 0.6) is 0 Å². The topological polar surface area (TPSA) is 83.1 Å². The average molecular weight is 427 g/mol. The van der Waals surface area contributed by atoms with Crippen LogP contribution in [0.25, 0.3) is 10.2 Å². The molecule has 8 heteroatoms. The Morgan fingerprint density at radius 3 is 2.86 bits per heavy atom. The van der Waals surface area contributed by atoms with Crippen LogP contribution in [0.1, 0.15) is 24.0 Å². The minimum Gasteiger partial charge on any atom is -0.332 e. The number of carbonyl (C=O) groups is 2. The highest BCUT2D eigenvalue weighted by molar-refractivity contribution is 7.99. The zero-order valence-corrected chi connectivity index (χ0v) is 17.6. The van der Waals surface area contributed by atoms with Gasteiger partial charge in [0.05, 0.1) is 10.2 Å². The number of nitrogens with one attached hydrogen (secondary N) is 3. The number of hydrogen-bond donors (Lipinski definition) is 3. The highest BCUT2D eigenvalue weighted by Gasteiger charge is 2.27. The lowest BCUT2D eigenvalue weighted by Crippen LogP contribution is -2.55. The summed E-state index contributed by atoms with van der Waals surface area (Å²) in [5, 5.41) is 9.77. The molecule has 4 rings (SSSR count). The van der Waals surface area contributed by atoms with Crippen molar-refractivity contribution in [1.82, 2.24) is 15.6 Å². The van der Waals surface area contributed by atoms with Crippen LogP contribution < -0.4 is 16.0 Å². The van der Waals surface area contributed by atoms with Crippen molar-refractivity contribution in [2.75, 3.05) is 5.32 Å². The lowest BCUT2D eigenvalue weighted by atomic mass is 10.1. The van der Waals surface area contributed by atoms with Crippen molar-refractivity contribution in [2.45, 2.75) is 37.1 Å². The second kappa shape index (κ2) is 8.94. The second-order valence-corrected chi connectivity index (χ2v) is 9.13. The molecule has 150 valence electrons. The molecule has 2 heterocycles. The van der Waals surface area contributed by atoms with Crippen LogP contribution >= 0.6 is 23.1 Å². The summed E-state index contributed by atoms with van der Waals surface area (Å²) >= 11 is 3.07. The third kappa shape index (κ3) is 5.14. The van der Waals surface area contributed by atoms with E-state index in [2.05, 4.69) is 33.1 Å². The van der Waals surface area contributed by atoms with Gasteiger partial charge in [0.2, 0.25) is 11.8 Å². The Labute approximate surface area is 177 Å². The number of amides is 2. The summed E-state index contributed by atoms with van der Waals surface area (Å²) in [6, 6.07) is 15.9. The highest BCUT2D eigenvalue weighted by atomic mass is 32.2. The maximum atomic E-state index is 12.5. The molecule has 6 nitrogen and oxygen atoms in total. The van der Waals surface area contributed by atoms with Gasteiger partial charge in [0.1, 0.15) is 5.50 Å². The highest BCUT2D eigenvalue weighted by Crippen LogP contribution is 2.28. The van der Waals surface area contributed by atoms with Crippen molar-refractivity contribution in [3.63, 3.8) is 0 Å². The van der Waals surface area contributed by atoms with E-state index in [1.165, 1.54) is 16.9 Å². The molecular weight excluding hydrogens is 404 g/mol. The number of hydrogen-bond acceptors (Lipinski definition) is 6. The summed E-state index contributed by atoms with van der Waals surface area (Å²) in [6.45, 7) is 2.01. The summed E-state index contributed by atoms with van der Waals surface area (Å²) in [6.07, 6.45) is 0.513. The first-order chi connectivity index (χ1) is 14.1. The lowest BCUT2D eigenvalue weighted by molar-refractivity contribution is -0.124. The number of benzene rings is 2. The molecule has 0 spiro atoms. The van der Waals surface area contributed by atoms with Crippen LogP contribution in [-0.4, -0.2) is 28.3 Å². The summed E-state index contributed by atoms with van der Waals surface area (Å²) < 4.78 is 1.05. The van der Waals surface area contributed by atoms with Crippen LogP contribution in [0.2, 0.25) is 0 Å². The Bertz CT molecular complexity index is 1020. The fourth-order valence-electron chi connectivity index (χ4n) is 3.25. The number of rotatable bonds is 6. The summed E-state index contributed by atoms with van der Waals surface area (Å²) in [4.78, 5) is 29.1. The van der Waals surface area contributed by atoms with E-state index in [4.69, 9.17) is 0 Å². The van der Waals surface area contributed by atoms with Gasteiger partial charge in [-0.05, 0) is 24.1 Å². The van der Waals surface area contributed by atoms with Crippen molar-refractivity contribution >= 4 is 50.3 Å². The number of carbonyl (C=O) groups excluding carboxylic acids is 2. The molecule has 2 aromatic carbocycles. The Balaban J connectivity index is 1.33. The number of fused-ring (bicyclic) bond motifs is 1. The fourth-order valence-corrected chi connectivity index (χ4v) is 5.27. The molecule has 1 fully saturated rings. The van der Waals surface area contributed by atoms with Crippen LogP contribution in [0, 0.1) is 6.92 Å². The van der Waals surface area contributed by atoms with Crippen molar-refractivity contribution in [1.29, 1.82) is 0 Å². The van der Waals surface area contributed by atoms with Gasteiger partial charge in [-0.15, -0.1) is 11.8 Å². The summed E-state index contributed by atoms with van der Waals surface area (Å²) in [5.41, 5.74) is 2.99. The number of thioether (sulfide) groups is 1. The molecule has 1 aliphatic heterocycles. The molecule has 0 saturated carbocycles. The van der Waals surface area contributed by atoms with Gasteiger partial charge in [-0.25, -0.2) is 4.98 Å². The number of nitrogens with zero attached hydrogens (tertiary/aromatic N) is 1. The number of aryl methyl sites for hydroxylation is 1. The molecule has 2 amide bonds. The van der Waals surface area contributed by atoms with Gasteiger partial charge in [0, 0.05) is 24.6 Å². The normalized spacial score (nSPS) is 19.1. The van der Waals surface area contributed by atoms with E-state index in [1.54, 1.807) is 11.8 Å². The summed E-state index contributed by atoms with van der Waals surface area (Å²) in [7, 11) is 0. The van der Waals surface area contributed by atoms with Crippen LogP contribution in [0.4, 0.5) is 5.13 Å². The van der Waals surface area contributed by atoms with Gasteiger partial charge in [-0.1, -0.05) is 53.8 Å². The lowest BCUT2D eigenvalue weighted by Gasteiger charge is -2.30. The quantitative estimate of drug-likeness (QED) is 0.561. The predicted molar refractivity (Wildman–Crippen MR) is 119 cm³/mol. The third-order valence-corrected chi connectivity index (χ3v) is 6.69. The van der Waals surface area contributed by atoms with E-state index in [0.29, 0.717) is 5.13 Å². The van der Waals surface area contributed by atoms with E-state index >= 15 is 0 Å². The molecule has 1 aromatic heterocycles. The molecule has 1 saturated heterocycles. The van der Waals surface area contributed by atoms with Crippen molar-refractivity contribution in [3.8, 4) is 0 Å². The fraction of sp³-hybridized carbons (Fsp3) is 0.286. The van der Waals surface area contributed by atoms with Crippen molar-refractivity contribution in [2.24, 2.45) is 0 Å². The molecule has 3 N–H and O–H groups in total. The zero-order chi connectivity index (χ0) is 20.2. The Kier molecular flexibility index (Phi) is 6.13. The number of para-hydroxylation sites is 1. The second-order valence-electron chi connectivity index (χ2n) is 7.00. The Morgan fingerprint density at radius 2 is 2.07 bits per heavy atom. The van der Waals surface area contributed by atoms with Crippen LogP contribution in [-0.2, 0) is 15.3 Å². The van der Waals surface area contributed by atoms with Gasteiger partial charge in [0.25, 0.3) is 0 Å². The smallest absolute Gasteiger partial charge is 0.227 e. The molecule has 0 radical (unpaired) electrons. The first-order valence-corrected chi connectivity index (χ1v) is 11.3. The zero-order valence-electron chi connectivity index (χ0n) is 16.0. The molecule has 3 aromatic rings. The molecule has 2 unspecified atom stereocenters. The Morgan fingerprint density at radius 1 is 1.24 bits per heavy atom. The minimum absolute atomic E-state index is 0.0391. The van der Waals surface area contributed by atoms with E-state index in [-0.39, 0.29) is 36.2 Å². The molecule has 1 aliphatic rings.